The number of esters is 1. The highest BCUT2D eigenvalue weighted by Crippen LogP contribution is 2.31. The number of hydrogen-bond acceptors (Lipinski definition) is 3. The van der Waals surface area contributed by atoms with Crippen LogP contribution in [-0.2, 0) is 27.0 Å². The number of hydrogen-bond donors (Lipinski definition) is 0. The van der Waals surface area contributed by atoms with Crippen molar-refractivity contribution < 1.29 is 27.5 Å². The van der Waals surface area contributed by atoms with Crippen LogP contribution in [0.25, 0.3) is 0 Å². The Morgan fingerprint density at radius 2 is 1.46 bits per heavy atom. The lowest BCUT2D eigenvalue weighted by Crippen LogP contribution is -2.40. The fraction of sp³-hybridized carbons (Fsp3) is 0.467. The smallest absolute Gasteiger partial charge is 0.416 e. The summed E-state index contributed by atoms with van der Waals surface area (Å²) >= 11 is 0. The number of halogens is 3. The van der Waals surface area contributed by atoms with E-state index in [1.807, 2.05) is 12.1 Å². The first kappa shape index (κ1) is 30.0. The normalized spacial score (nSPS) is 11.4. The highest BCUT2D eigenvalue weighted by atomic mass is 19.4. The highest BCUT2D eigenvalue weighted by molar-refractivity contribution is 6.38. The molecule has 0 saturated carbocycles. The molecule has 4 nitrogen and oxygen atoms in total. The van der Waals surface area contributed by atoms with Crippen molar-refractivity contribution in [2.45, 2.75) is 91.0 Å². The summed E-state index contributed by atoms with van der Waals surface area (Å²) in [5, 5.41) is 0. The van der Waals surface area contributed by atoms with Gasteiger partial charge in [0.15, 0.2) is 0 Å². The van der Waals surface area contributed by atoms with Crippen molar-refractivity contribution in [3.63, 3.8) is 0 Å². The Hall–Kier alpha value is -3.27. The van der Waals surface area contributed by atoms with Crippen LogP contribution >= 0.6 is 0 Å². The van der Waals surface area contributed by atoms with Crippen LogP contribution in [0.3, 0.4) is 0 Å². The van der Waals surface area contributed by atoms with Gasteiger partial charge in [0.2, 0.25) is 0 Å². The van der Waals surface area contributed by atoms with Crippen LogP contribution in [0.5, 0.6) is 0 Å². The summed E-state index contributed by atoms with van der Waals surface area (Å²) in [5.41, 5.74) is -0.0574. The molecule has 2 rings (SSSR count). The third kappa shape index (κ3) is 10.7. The molecule has 0 heterocycles. The number of carbonyl (C=O) groups is 2. The molecule has 200 valence electrons. The van der Waals surface area contributed by atoms with Gasteiger partial charge in [0.1, 0.15) is 5.60 Å². The molecule has 7 heteroatoms. The molecule has 0 aliphatic rings. The monoisotopic (exact) mass is 515 g/mol. The molecule has 1 amide bonds. The number of amides is 1. The molecule has 0 radical (unpaired) electrons. The molecule has 0 aromatic heterocycles. The predicted octanol–water partition coefficient (Wildman–Crippen LogP) is 7.68. The number of alkyl halides is 3. The zero-order valence-corrected chi connectivity index (χ0v) is 22.1. The van der Waals surface area contributed by atoms with E-state index < -0.39 is 29.2 Å². The average Bonchev–Trinajstić information content (AvgIpc) is 2.83. The third-order valence-corrected chi connectivity index (χ3v) is 5.51. The van der Waals surface area contributed by atoms with Crippen molar-refractivity contribution >= 4 is 17.6 Å². The summed E-state index contributed by atoms with van der Waals surface area (Å²) < 4.78 is 44.2. The molecule has 2 aromatic rings. The van der Waals surface area contributed by atoms with Gasteiger partial charge in [0.25, 0.3) is 0 Å². The zero-order chi connectivity index (χ0) is 27.5. The van der Waals surface area contributed by atoms with E-state index in [0.717, 1.165) is 35.4 Å². The van der Waals surface area contributed by atoms with Crippen molar-refractivity contribution in [3.05, 3.63) is 65.2 Å². The topological polar surface area (TPSA) is 46.6 Å². The lowest BCUT2D eigenvalue weighted by atomic mass is 10.1. The van der Waals surface area contributed by atoms with Gasteiger partial charge >= 0.3 is 18.1 Å². The second kappa shape index (κ2) is 13.9. The molecule has 0 aliphatic carbocycles. The van der Waals surface area contributed by atoms with E-state index in [1.165, 1.54) is 44.2 Å². The predicted molar refractivity (Wildman–Crippen MR) is 140 cm³/mol. The van der Waals surface area contributed by atoms with E-state index in [1.54, 1.807) is 32.9 Å². The van der Waals surface area contributed by atoms with Gasteiger partial charge in [-0.2, -0.15) is 13.2 Å². The first-order valence-corrected chi connectivity index (χ1v) is 12.7. The van der Waals surface area contributed by atoms with Crippen molar-refractivity contribution in [1.82, 2.24) is 0 Å². The maximum absolute atomic E-state index is 13.0. The van der Waals surface area contributed by atoms with E-state index in [-0.39, 0.29) is 12.2 Å². The minimum absolute atomic E-state index is 0.0189. The van der Waals surface area contributed by atoms with Crippen LogP contribution in [0.4, 0.5) is 18.9 Å². The van der Waals surface area contributed by atoms with Gasteiger partial charge < -0.3 is 4.74 Å². The zero-order valence-electron chi connectivity index (χ0n) is 22.1. The fourth-order valence-corrected chi connectivity index (χ4v) is 3.58. The van der Waals surface area contributed by atoms with Crippen LogP contribution < -0.4 is 4.90 Å². The summed E-state index contributed by atoms with van der Waals surface area (Å²) in [7, 11) is 0. The van der Waals surface area contributed by atoms with Crippen molar-refractivity contribution in [2.24, 2.45) is 0 Å². The van der Waals surface area contributed by atoms with Gasteiger partial charge in [-0.05, 0) is 69.2 Å². The molecule has 0 aliphatic heterocycles. The number of carbonyl (C=O) groups excluding carboxylic acids is 2. The van der Waals surface area contributed by atoms with Gasteiger partial charge in [0, 0.05) is 17.7 Å². The Morgan fingerprint density at radius 1 is 0.865 bits per heavy atom. The van der Waals surface area contributed by atoms with Crippen molar-refractivity contribution in [3.8, 4) is 11.8 Å². The molecule has 0 atom stereocenters. The van der Waals surface area contributed by atoms with Crippen LogP contribution in [0.1, 0.15) is 89.3 Å². The van der Waals surface area contributed by atoms with Crippen LogP contribution in [0, 0.1) is 11.8 Å². The fourth-order valence-electron chi connectivity index (χ4n) is 3.58. The molecule has 37 heavy (non-hydrogen) atoms. The summed E-state index contributed by atoms with van der Waals surface area (Å²) in [6, 6.07) is 11.3. The van der Waals surface area contributed by atoms with Gasteiger partial charge in [0.05, 0.1) is 12.1 Å². The third-order valence-electron chi connectivity index (χ3n) is 5.51. The average molecular weight is 516 g/mol. The van der Waals surface area contributed by atoms with Crippen LogP contribution in [0.2, 0.25) is 0 Å². The van der Waals surface area contributed by atoms with E-state index in [4.69, 9.17) is 4.74 Å². The molecule has 0 bridgehead atoms. The lowest BCUT2D eigenvalue weighted by Gasteiger charge is -2.25. The molecule has 0 spiro atoms. The van der Waals surface area contributed by atoms with Crippen LogP contribution in [-0.4, -0.2) is 17.5 Å². The molecule has 0 N–H and O–H groups in total. The first-order chi connectivity index (χ1) is 17.4. The Kier molecular flexibility index (Phi) is 11.2. The lowest BCUT2D eigenvalue weighted by molar-refractivity contribution is -0.162. The maximum Gasteiger partial charge on any atom is 0.416 e. The van der Waals surface area contributed by atoms with Crippen molar-refractivity contribution in [2.75, 3.05) is 4.90 Å². The number of nitrogens with zero attached hydrogens (tertiary/aromatic N) is 1. The summed E-state index contributed by atoms with van der Waals surface area (Å²) in [6.45, 7) is 7.07. The summed E-state index contributed by atoms with van der Waals surface area (Å²) in [5.74, 6) is 4.28. The second-order valence-electron chi connectivity index (χ2n) is 9.95. The van der Waals surface area contributed by atoms with Gasteiger partial charge in [-0.3, -0.25) is 9.69 Å². The van der Waals surface area contributed by atoms with E-state index in [2.05, 4.69) is 18.8 Å². The SMILES string of the molecule is CCCCCCCCC#Cc1ccc(CN(C(=O)C(=O)OC(C)(C)C)c2ccc(C(F)(F)F)cc2)cc1. The summed E-state index contributed by atoms with van der Waals surface area (Å²) in [4.78, 5) is 26.6. The quantitative estimate of drug-likeness (QED) is 0.149. The number of unbranched alkanes of at least 4 members (excludes halogenated alkanes) is 6. The minimum atomic E-state index is -4.51. The largest absolute Gasteiger partial charge is 0.453 e. The minimum Gasteiger partial charge on any atom is -0.453 e. The molecule has 0 fully saturated rings. The number of benzene rings is 2. The van der Waals surface area contributed by atoms with E-state index in [9.17, 15) is 22.8 Å². The number of rotatable bonds is 9. The Balaban J connectivity index is 2.13. The molecular weight excluding hydrogens is 479 g/mol. The second-order valence-corrected chi connectivity index (χ2v) is 9.95. The molecule has 0 unspecified atom stereocenters. The standard InChI is InChI=1S/C30H36F3NO3/c1-5-6-7-8-9-10-11-12-13-23-14-16-24(17-15-23)22-34(27(35)28(36)37-29(2,3)4)26-20-18-25(19-21-26)30(31,32)33/h14-21H,5-11,22H2,1-4H3. The Bertz CT molecular complexity index is 1070. The molecule has 0 saturated heterocycles. The van der Waals surface area contributed by atoms with Gasteiger partial charge in [-0.1, -0.05) is 63.0 Å². The number of anilines is 1. The number of ether oxygens (including phenoxy) is 1. The maximum atomic E-state index is 13.0. The van der Waals surface area contributed by atoms with Gasteiger partial charge in [-0.25, -0.2) is 4.79 Å². The van der Waals surface area contributed by atoms with E-state index in [0.29, 0.717) is 5.56 Å². The molecular formula is C30H36F3NO3. The van der Waals surface area contributed by atoms with Gasteiger partial charge in [-0.15, -0.1) is 0 Å². The first-order valence-electron chi connectivity index (χ1n) is 12.7. The van der Waals surface area contributed by atoms with E-state index >= 15 is 0 Å². The van der Waals surface area contributed by atoms with Crippen LogP contribution in [0.15, 0.2) is 48.5 Å². The van der Waals surface area contributed by atoms with Crippen molar-refractivity contribution in [1.29, 1.82) is 0 Å². The molecule has 2 aromatic carbocycles. The summed E-state index contributed by atoms with van der Waals surface area (Å²) in [6.07, 6.45) is 3.59. The highest BCUT2D eigenvalue weighted by Gasteiger charge is 2.32. The Morgan fingerprint density at radius 3 is 2.03 bits per heavy atom. The Labute approximate surface area is 218 Å².